The minimum atomic E-state index is 0.00521. The lowest BCUT2D eigenvalue weighted by Gasteiger charge is -2.46. The average Bonchev–Trinajstić information content (AvgIpc) is 2.07. The fourth-order valence-corrected chi connectivity index (χ4v) is 1.83. The lowest BCUT2D eigenvalue weighted by atomic mass is 10.1. The van der Waals surface area contributed by atoms with Crippen LogP contribution in [0.4, 0.5) is 0 Å². The quantitative estimate of drug-likeness (QED) is 0.708. The molecule has 0 unspecified atom stereocenters. The van der Waals surface area contributed by atoms with Gasteiger partial charge in [-0.3, -0.25) is 9.80 Å². The molecule has 14 heavy (non-hydrogen) atoms. The number of rotatable bonds is 2. The van der Waals surface area contributed by atoms with E-state index >= 15 is 0 Å². The summed E-state index contributed by atoms with van der Waals surface area (Å²) in [6.07, 6.45) is 1.61. The summed E-state index contributed by atoms with van der Waals surface area (Å²) in [7, 11) is 0. The number of carbonyl (C=O) groups excluding carboxylic acids is 1. The molecule has 0 aromatic carbocycles. The molecule has 4 heteroatoms. The van der Waals surface area contributed by atoms with Crippen molar-refractivity contribution in [3.05, 3.63) is 0 Å². The Morgan fingerprint density at radius 1 is 1.43 bits per heavy atom. The van der Waals surface area contributed by atoms with Gasteiger partial charge in [-0.15, -0.1) is 0 Å². The molecule has 0 bridgehead atoms. The molecule has 82 valence electrons. The van der Waals surface area contributed by atoms with E-state index in [1.165, 1.54) is 0 Å². The number of amides is 1. The highest BCUT2D eigenvalue weighted by atomic mass is 16.2. The zero-order chi connectivity index (χ0) is 10.8. The zero-order valence-corrected chi connectivity index (χ0v) is 9.42. The third-order valence-electron chi connectivity index (χ3n) is 2.46. The highest BCUT2D eigenvalue weighted by Crippen LogP contribution is 2.21. The number of carbonyl (C=O) groups is 1. The van der Waals surface area contributed by atoms with Crippen LogP contribution in [0.3, 0.4) is 0 Å². The van der Waals surface area contributed by atoms with Crippen LogP contribution in [0.15, 0.2) is 0 Å². The van der Waals surface area contributed by atoms with Gasteiger partial charge >= 0.3 is 0 Å². The Labute approximate surface area is 86.0 Å². The summed E-state index contributed by atoms with van der Waals surface area (Å²) in [5, 5.41) is 3.94. The molecule has 0 aromatic heterocycles. The van der Waals surface area contributed by atoms with Crippen molar-refractivity contribution in [3.63, 3.8) is 0 Å². The maximum atomic E-state index is 11.7. The van der Waals surface area contributed by atoms with E-state index in [4.69, 9.17) is 5.73 Å². The van der Waals surface area contributed by atoms with Gasteiger partial charge in [-0.25, -0.2) is 5.01 Å². The first-order chi connectivity index (χ1) is 6.46. The highest BCUT2D eigenvalue weighted by molar-refractivity contribution is 5.76. The normalized spacial score (nSPS) is 20.3. The van der Waals surface area contributed by atoms with Gasteiger partial charge < -0.3 is 5.73 Å². The maximum absolute atomic E-state index is 11.7. The molecular weight excluding hydrogens is 178 g/mol. The van der Waals surface area contributed by atoms with E-state index in [1.807, 2.05) is 5.01 Å². The fraction of sp³-hybridized carbons (Fsp3) is 0.900. The summed E-state index contributed by atoms with van der Waals surface area (Å²) < 4.78 is 0. The predicted octanol–water partition coefficient (Wildman–Crippen LogP) is 0.583. The Hall–Kier alpha value is -0.610. The monoisotopic (exact) mass is 199 g/mol. The molecule has 0 saturated carbocycles. The van der Waals surface area contributed by atoms with Gasteiger partial charge in [-0.1, -0.05) is 0 Å². The van der Waals surface area contributed by atoms with E-state index in [1.54, 1.807) is 0 Å². The topological polar surface area (TPSA) is 49.6 Å². The first-order valence-corrected chi connectivity index (χ1v) is 5.25. The standard InChI is InChI=1S/C10H21N3O/c1-10(2,3)13-7-4-5-9(14)12(13)8-6-11/h4-8,11H2,1-3H3. The molecule has 1 aliphatic rings. The van der Waals surface area contributed by atoms with E-state index in [2.05, 4.69) is 25.8 Å². The second-order valence-electron chi connectivity index (χ2n) is 4.70. The first-order valence-electron chi connectivity index (χ1n) is 5.25. The molecule has 1 amide bonds. The van der Waals surface area contributed by atoms with Crippen molar-refractivity contribution in [2.75, 3.05) is 19.6 Å². The van der Waals surface area contributed by atoms with Crippen LogP contribution in [-0.4, -0.2) is 41.1 Å². The maximum Gasteiger partial charge on any atom is 0.236 e. The lowest BCUT2D eigenvalue weighted by Crippen LogP contribution is -2.59. The van der Waals surface area contributed by atoms with Crippen molar-refractivity contribution < 1.29 is 4.79 Å². The van der Waals surface area contributed by atoms with Crippen molar-refractivity contribution in [1.29, 1.82) is 0 Å². The van der Waals surface area contributed by atoms with E-state index in [0.717, 1.165) is 13.0 Å². The van der Waals surface area contributed by atoms with Crippen molar-refractivity contribution in [2.45, 2.75) is 39.2 Å². The summed E-state index contributed by atoms with van der Waals surface area (Å²) in [4.78, 5) is 11.7. The summed E-state index contributed by atoms with van der Waals surface area (Å²) in [6.45, 7) is 8.48. The average molecular weight is 199 g/mol. The van der Waals surface area contributed by atoms with Crippen LogP contribution in [-0.2, 0) is 4.79 Å². The minimum absolute atomic E-state index is 0.00521. The van der Waals surface area contributed by atoms with Crippen LogP contribution in [0.25, 0.3) is 0 Å². The van der Waals surface area contributed by atoms with E-state index < -0.39 is 0 Å². The number of hydrazine groups is 1. The molecule has 0 atom stereocenters. The second-order valence-corrected chi connectivity index (χ2v) is 4.70. The molecule has 0 aromatic rings. The van der Waals surface area contributed by atoms with Crippen LogP contribution in [0.2, 0.25) is 0 Å². The van der Waals surface area contributed by atoms with Crippen molar-refractivity contribution in [3.8, 4) is 0 Å². The Morgan fingerprint density at radius 2 is 2.07 bits per heavy atom. The predicted molar refractivity (Wildman–Crippen MR) is 56.5 cm³/mol. The number of nitrogens with zero attached hydrogens (tertiary/aromatic N) is 2. The van der Waals surface area contributed by atoms with Gasteiger partial charge in [0.05, 0.1) is 0 Å². The number of hydrogen-bond donors (Lipinski definition) is 1. The van der Waals surface area contributed by atoms with Crippen LogP contribution >= 0.6 is 0 Å². The van der Waals surface area contributed by atoms with Crippen LogP contribution in [0.1, 0.15) is 33.6 Å². The summed E-state index contributed by atoms with van der Waals surface area (Å²) in [5.41, 5.74) is 5.51. The van der Waals surface area contributed by atoms with Crippen LogP contribution in [0, 0.1) is 0 Å². The SMILES string of the molecule is CC(C)(C)N1CCCC(=O)N1CCN. The molecule has 2 N–H and O–H groups in total. The molecule has 1 rings (SSSR count). The summed E-state index contributed by atoms with van der Waals surface area (Å²) in [6, 6.07) is 0. The Bertz CT molecular complexity index is 210. The van der Waals surface area contributed by atoms with Gasteiger partial charge in [0.1, 0.15) is 0 Å². The molecule has 0 spiro atoms. The van der Waals surface area contributed by atoms with Crippen molar-refractivity contribution in [1.82, 2.24) is 10.0 Å². The van der Waals surface area contributed by atoms with E-state index in [-0.39, 0.29) is 11.4 Å². The smallest absolute Gasteiger partial charge is 0.236 e. The van der Waals surface area contributed by atoms with E-state index in [9.17, 15) is 4.79 Å². The molecule has 1 aliphatic heterocycles. The molecule has 4 nitrogen and oxygen atoms in total. The molecule has 1 heterocycles. The summed E-state index contributed by atoms with van der Waals surface area (Å²) >= 11 is 0. The number of hydrogen-bond acceptors (Lipinski definition) is 3. The minimum Gasteiger partial charge on any atom is -0.329 e. The van der Waals surface area contributed by atoms with Crippen molar-refractivity contribution >= 4 is 5.91 Å². The first kappa shape index (κ1) is 11.5. The van der Waals surface area contributed by atoms with Gasteiger partial charge in [0, 0.05) is 31.6 Å². The lowest BCUT2D eigenvalue weighted by molar-refractivity contribution is -0.167. The van der Waals surface area contributed by atoms with Gasteiger partial charge in [-0.05, 0) is 27.2 Å². The zero-order valence-electron chi connectivity index (χ0n) is 9.42. The molecular formula is C10H21N3O. The fourth-order valence-electron chi connectivity index (χ4n) is 1.83. The molecule has 0 radical (unpaired) electrons. The largest absolute Gasteiger partial charge is 0.329 e. The molecule has 0 aliphatic carbocycles. The Kier molecular flexibility index (Phi) is 3.50. The van der Waals surface area contributed by atoms with Gasteiger partial charge in [0.15, 0.2) is 0 Å². The van der Waals surface area contributed by atoms with Gasteiger partial charge in [0.25, 0.3) is 0 Å². The van der Waals surface area contributed by atoms with Crippen LogP contribution in [0.5, 0.6) is 0 Å². The highest BCUT2D eigenvalue weighted by Gasteiger charge is 2.32. The van der Waals surface area contributed by atoms with Crippen LogP contribution < -0.4 is 5.73 Å². The second kappa shape index (κ2) is 4.28. The third-order valence-corrected chi connectivity index (χ3v) is 2.46. The Morgan fingerprint density at radius 3 is 2.57 bits per heavy atom. The molecule has 1 saturated heterocycles. The Balaban J connectivity index is 2.74. The van der Waals surface area contributed by atoms with E-state index in [0.29, 0.717) is 19.5 Å². The number of nitrogens with two attached hydrogens (primary N) is 1. The van der Waals surface area contributed by atoms with Crippen molar-refractivity contribution in [2.24, 2.45) is 5.73 Å². The molecule has 1 fully saturated rings. The summed E-state index contributed by atoms with van der Waals surface area (Å²) in [5.74, 6) is 0.205. The van der Waals surface area contributed by atoms with Gasteiger partial charge in [-0.2, -0.15) is 0 Å². The van der Waals surface area contributed by atoms with Gasteiger partial charge in [0.2, 0.25) is 5.91 Å². The third kappa shape index (κ3) is 2.45.